The summed E-state index contributed by atoms with van der Waals surface area (Å²) in [4.78, 5) is 20.5. The summed E-state index contributed by atoms with van der Waals surface area (Å²) >= 11 is 3.33. The minimum absolute atomic E-state index is 0.0202. The van der Waals surface area contributed by atoms with Gasteiger partial charge in [0.1, 0.15) is 4.60 Å². The van der Waals surface area contributed by atoms with Crippen molar-refractivity contribution in [2.24, 2.45) is 0 Å². The Labute approximate surface area is 117 Å². The summed E-state index contributed by atoms with van der Waals surface area (Å²) in [5.41, 5.74) is 0.616. The van der Waals surface area contributed by atoms with Gasteiger partial charge in [-0.1, -0.05) is 0 Å². The molecule has 0 aliphatic heterocycles. The molecule has 0 aromatic carbocycles. The average Bonchev–Trinajstić information content (AvgIpc) is 2.29. The zero-order valence-corrected chi connectivity index (χ0v) is 12.9. The van der Waals surface area contributed by atoms with Crippen LogP contribution in [0.5, 0.6) is 0 Å². The molecule has 0 spiro atoms. The highest BCUT2D eigenvalue weighted by Gasteiger charge is 2.22. The first-order chi connectivity index (χ1) is 8.47. The first kappa shape index (κ1) is 15.1. The molecule has 1 heterocycles. The molecule has 1 amide bonds. The highest BCUT2D eigenvalue weighted by atomic mass is 79.9. The van der Waals surface area contributed by atoms with Crippen LogP contribution in [-0.2, 0) is 0 Å². The van der Waals surface area contributed by atoms with E-state index in [0.29, 0.717) is 16.7 Å². The predicted molar refractivity (Wildman–Crippen MR) is 76.7 cm³/mol. The van der Waals surface area contributed by atoms with E-state index in [4.69, 9.17) is 0 Å². The fraction of sp³-hybridized carbons (Fsp3) is 0.538. The molecular formula is C13H20BrN3O. The second kappa shape index (κ2) is 6.85. The lowest BCUT2D eigenvalue weighted by Gasteiger charge is -2.30. The Bertz CT molecular complexity index is 409. The van der Waals surface area contributed by atoms with Crippen LogP contribution >= 0.6 is 15.9 Å². The Hall–Kier alpha value is -0.940. The summed E-state index contributed by atoms with van der Waals surface area (Å²) in [7, 11) is 4.02. The minimum Gasteiger partial charge on any atom is -0.335 e. The van der Waals surface area contributed by atoms with Crippen molar-refractivity contribution < 1.29 is 4.79 Å². The van der Waals surface area contributed by atoms with Gasteiger partial charge >= 0.3 is 0 Å². The molecule has 0 N–H and O–H groups in total. The van der Waals surface area contributed by atoms with E-state index in [2.05, 4.69) is 32.7 Å². The summed E-state index contributed by atoms with van der Waals surface area (Å²) < 4.78 is 0.602. The van der Waals surface area contributed by atoms with Crippen LogP contribution in [0.15, 0.2) is 22.9 Å². The second-order valence-corrected chi connectivity index (χ2v) is 5.30. The van der Waals surface area contributed by atoms with Crippen molar-refractivity contribution in [1.82, 2.24) is 14.8 Å². The maximum absolute atomic E-state index is 12.5. The maximum atomic E-state index is 12.5. The lowest BCUT2D eigenvalue weighted by atomic mass is 10.2. The van der Waals surface area contributed by atoms with Crippen molar-refractivity contribution in [2.75, 3.05) is 27.2 Å². The minimum atomic E-state index is 0.0202. The van der Waals surface area contributed by atoms with Gasteiger partial charge < -0.3 is 9.80 Å². The number of pyridine rings is 1. The van der Waals surface area contributed by atoms with Crippen LogP contribution < -0.4 is 0 Å². The zero-order valence-electron chi connectivity index (χ0n) is 11.4. The van der Waals surface area contributed by atoms with Crippen LogP contribution in [0.25, 0.3) is 0 Å². The third-order valence-electron chi connectivity index (χ3n) is 2.75. The fourth-order valence-electron chi connectivity index (χ4n) is 1.98. The number of rotatable bonds is 5. The number of likely N-dealkylation sites (N-methyl/N-ethyl adjacent to an activating group) is 2. The predicted octanol–water partition coefficient (Wildman–Crippen LogP) is 2.26. The Morgan fingerprint density at radius 2 is 2.17 bits per heavy atom. The lowest BCUT2D eigenvalue weighted by Crippen LogP contribution is -2.43. The van der Waals surface area contributed by atoms with Gasteiger partial charge in [-0.25, -0.2) is 4.98 Å². The fourth-order valence-corrected chi connectivity index (χ4v) is 2.40. The molecule has 1 unspecified atom stereocenters. The molecule has 5 heteroatoms. The summed E-state index contributed by atoms with van der Waals surface area (Å²) in [5.74, 6) is 0.0202. The maximum Gasteiger partial charge on any atom is 0.256 e. The Balaban J connectivity index is 2.89. The number of amides is 1. The van der Waals surface area contributed by atoms with Crippen molar-refractivity contribution in [3.63, 3.8) is 0 Å². The van der Waals surface area contributed by atoms with E-state index in [9.17, 15) is 4.79 Å². The molecule has 0 saturated carbocycles. The standard InChI is InChI=1S/C13H20BrN3O/c1-5-17(10(2)9-16(3)4)13(18)11-7-6-8-15-12(11)14/h6-8,10H,5,9H2,1-4H3. The molecule has 1 rings (SSSR count). The zero-order chi connectivity index (χ0) is 13.7. The number of carbonyl (C=O) groups excluding carboxylic acids is 1. The summed E-state index contributed by atoms with van der Waals surface area (Å²) in [6.45, 7) is 5.59. The molecule has 18 heavy (non-hydrogen) atoms. The summed E-state index contributed by atoms with van der Waals surface area (Å²) in [6, 6.07) is 3.75. The number of hydrogen-bond donors (Lipinski definition) is 0. The number of nitrogens with zero attached hydrogens (tertiary/aromatic N) is 3. The van der Waals surface area contributed by atoms with E-state index in [-0.39, 0.29) is 11.9 Å². The third-order valence-corrected chi connectivity index (χ3v) is 3.38. The van der Waals surface area contributed by atoms with Crippen molar-refractivity contribution in [3.05, 3.63) is 28.5 Å². The lowest BCUT2D eigenvalue weighted by molar-refractivity contribution is 0.0677. The second-order valence-electron chi connectivity index (χ2n) is 4.54. The van der Waals surface area contributed by atoms with Gasteiger partial charge in [0.25, 0.3) is 5.91 Å². The molecular weight excluding hydrogens is 294 g/mol. The highest BCUT2D eigenvalue weighted by Crippen LogP contribution is 2.16. The normalized spacial score (nSPS) is 12.6. The molecule has 0 aliphatic rings. The van der Waals surface area contributed by atoms with Crippen molar-refractivity contribution in [1.29, 1.82) is 0 Å². The first-order valence-electron chi connectivity index (χ1n) is 6.03. The van der Waals surface area contributed by atoms with Crippen molar-refractivity contribution in [2.45, 2.75) is 19.9 Å². The van der Waals surface area contributed by atoms with Gasteiger partial charge in [-0.05, 0) is 56.0 Å². The van der Waals surface area contributed by atoms with E-state index >= 15 is 0 Å². The molecule has 0 saturated heterocycles. The van der Waals surface area contributed by atoms with Crippen LogP contribution in [0, 0.1) is 0 Å². The molecule has 0 bridgehead atoms. The molecule has 1 aromatic heterocycles. The Morgan fingerprint density at radius 1 is 1.50 bits per heavy atom. The van der Waals surface area contributed by atoms with E-state index < -0.39 is 0 Å². The molecule has 0 aliphatic carbocycles. The Morgan fingerprint density at radius 3 is 2.67 bits per heavy atom. The van der Waals surface area contributed by atoms with E-state index in [1.54, 1.807) is 18.3 Å². The molecule has 0 radical (unpaired) electrons. The molecule has 1 aromatic rings. The van der Waals surface area contributed by atoms with Crippen LogP contribution in [0.4, 0.5) is 0 Å². The van der Waals surface area contributed by atoms with Crippen LogP contribution in [0.3, 0.4) is 0 Å². The van der Waals surface area contributed by atoms with Gasteiger partial charge in [0, 0.05) is 25.3 Å². The number of carbonyl (C=O) groups is 1. The van der Waals surface area contributed by atoms with E-state index in [1.165, 1.54) is 0 Å². The monoisotopic (exact) mass is 313 g/mol. The SMILES string of the molecule is CCN(C(=O)c1cccnc1Br)C(C)CN(C)C. The number of aromatic nitrogens is 1. The number of halogens is 1. The Kier molecular flexibility index (Phi) is 5.75. The number of hydrogen-bond acceptors (Lipinski definition) is 3. The average molecular weight is 314 g/mol. The van der Waals surface area contributed by atoms with Gasteiger partial charge in [-0.15, -0.1) is 0 Å². The van der Waals surface area contributed by atoms with Gasteiger partial charge in [0.15, 0.2) is 0 Å². The van der Waals surface area contributed by atoms with Crippen molar-refractivity contribution >= 4 is 21.8 Å². The topological polar surface area (TPSA) is 36.4 Å². The molecule has 0 fully saturated rings. The van der Waals surface area contributed by atoms with Gasteiger partial charge in [0.2, 0.25) is 0 Å². The van der Waals surface area contributed by atoms with Crippen LogP contribution in [0.1, 0.15) is 24.2 Å². The van der Waals surface area contributed by atoms with E-state index in [0.717, 1.165) is 6.54 Å². The van der Waals surface area contributed by atoms with Crippen molar-refractivity contribution in [3.8, 4) is 0 Å². The quantitative estimate of drug-likeness (QED) is 0.782. The molecule has 4 nitrogen and oxygen atoms in total. The van der Waals surface area contributed by atoms with Crippen LogP contribution in [-0.4, -0.2) is 53.9 Å². The van der Waals surface area contributed by atoms with Gasteiger partial charge in [-0.2, -0.15) is 0 Å². The summed E-state index contributed by atoms with van der Waals surface area (Å²) in [5, 5.41) is 0. The highest BCUT2D eigenvalue weighted by molar-refractivity contribution is 9.10. The summed E-state index contributed by atoms with van der Waals surface area (Å²) in [6.07, 6.45) is 1.67. The van der Waals surface area contributed by atoms with Crippen LogP contribution in [0.2, 0.25) is 0 Å². The largest absolute Gasteiger partial charge is 0.335 e. The van der Waals surface area contributed by atoms with Gasteiger partial charge in [-0.3, -0.25) is 4.79 Å². The molecule has 100 valence electrons. The van der Waals surface area contributed by atoms with E-state index in [1.807, 2.05) is 25.9 Å². The molecule has 1 atom stereocenters. The third kappa shape index (κ3) is 3.78. The first-order valence-corrected chi connectivity index (χ1v) is 6.82. The van der Waals surface area contributed by atoms with Gasteiger partial charge in [0.05, 0.1) is 5.56 Å². The smallest absolute Gasteiger partial charge is 0.256 e.